The van der Waals surface area contributed by atoms with E-state index in [4.69, 9.17) is 38.3 Å². The van der Waals surface area contributed by atoms with Crippen LogP contribution in [-0.2, 0) is 0 Å². The van der Waals surface area contributed by atoms with Crippen LogP contribution in [0.3, 0.4) is 0 Å². The van der Waals surface area contributed by atoms with E-state index in [1.807, 2.05) is 11.8 Å². The molecule has 0 bridgehead atoms. The summed E-state index contributed by atoms with van der Waals surface area (Å²) < 4.78 is 15.4. The SMILES string of the molecule is CCCC(C)c1nc(N2CCCN(C(=O)c3ccc(Cl)c(Cl)c3)CC2)c2c(C)nn(-c3ccc(F)cc3)c2n1. The molecule has 1 unspecified atom stereocenters. The number of carbonyl (C=O) groups is 1. The number of nitrogens with zero attached hydrogens (tertiary/aromatic N) is 6. The third-order valence-corrected chi connectivity index (χ3v) is 7.92. The Balaban J connectivity index is 1.51. The van der Waals surface area contributed by atoms with Gasteiger partial charge in [0.1, 0.15) is 17.5 Å². The average molecular weight is 570 g/mol. The molecule has 39 heavy (non-hydrogen) atoms. The first-order valence-corrected chi connectivity index (χ1v) is 14.0. The molecule has 1 amide bonds. The molecule has 204 valence electrons. The molecule has 1 fully saturated rings. The van der Waals surface area contributed by atoms with Gasteiger partial charge in [-0.25, -0.2) is 19.0 Å². The largest absolute Gasteiger partial charge is 0.354 e. The Labute approximate surface area is 237 Å². The highest BCUT2D eigenvalue weighted by Crippen LogP contribution is 2.32. The minimum Gasteiger partial charge on any atom is -0.354 e. The van der Waals surface area contributed by atoms with Crippen LogP contribution in [0.2, 0.25) is 10.0 Å². The lowest BCUT2D eigenvalue weighted by Crippen LogP contribution is -2.35. The zero-order valence-electron chi connectivity index (χ0n) is 22.3. The third kappa shape index (κ3) is 5.58. The van der Waals surface area contributed by atoms with Gasteiger partial charge in [0.05, 0.1) is 26.8 Å². The summed E-state index contributed by atoms with van der Waals surface area (Å²) in [7, 11) is 0. The van der Waals surface area contributed by atoms with Gasteiger partial charge >= 0.3 is 0 Å². The molecule has 1 saturated heterocycles. The number of rotatable bonds is 6. The Morgan fingerprint density at radius 3 is 2.51 bits per heavy atom. The minimum absolute atomic E-state index is 0.0687. The van der Waals surface area contributed by atoms with Crippen molar-refractivity contribution in [3.05, 3.63) is 75.4 Å². The third-order valence-electron chi connectivity index (χ3n) is 7.18. The quantitative estimate of drug-likeness (QED) is 0.255. The molecule has 1 atom stereocenters. The maximum absolute atomic E-state index is 13.7. The molecule has 3 heterocycles. The van der Waals surface area contributed by atoms with Gasteiger partial charge in [-0.2, -0.15) is 5.10 Å². The molecule has 4 aromatic rings. The highest BCUT2D eigenvalue weighted by molar-refractivity contribution is 6.42. The molecule has 5 rings (SSSR count). The molecule has 1 aliphatic heterocycles. The monoisotopic (exact) mass is 568 g/mol. The van der Waals surface area contributed by atoms with Gasteiger partial charge in [0, 0.05) is 37.7 Å². The first-order valence-electron chi connectivity index (χ1n) is 13.3. The van der Waals surface area contributed by atoms with Crippen LogP contribution in [0.1, 0.15) is 60.9 Å². The number of fused-ring (bicyclic) bond motifs is 1. The molecule has 7 nitrogen and oxygen atoms in total. The highest BCUT2D eigenvalue weighted by Gasteiger charge is 2.26. The van der Waals surface area contributed by atoms with Gasteiger partial charge in [0.2, 0.25) is 0 Å². The van der Waals surface area contributed by atoms with Crippen molar-refractivity contribution in [2.24, 2.45) is 0 Å². The molecule has 0 saturated carbocycles. The summed E-state index contributed by atoms with van der Waals surface area (Å²) in [4.78, 5) is 27.4. The lowest BCUT2D eigenvalue weighted by Gasteiger charge is -2.24. The molecule has 2 aromatic carbocycles. The zero-order chi connectivity index (χ0) is 27.7. The van der Waals surface area contributed by atoms with Gasteiger partial charge in [-0.1, -0.05) is 43.5 Å². The fraction of sp³-hybridized carbons (Fsp3) is 0.379. The Hall–Kier alpha value is -3.23. The molecule has 0 radical (unpaired) electrons. The number of amides is 1. The Morgan fingerprint density at radius 1 is 1.03 bits per heavy atom. The summed E-state index contributed by atoms with van der Waals surface area (Å²) in [6, 6.07) is 11.2. The fourth-order valence-electron chi connectivity index (χ4n) is 5.10. The van der Waals surface area contributed by atoms with Gasteiger partial charge in [-0.3, -0.25) is 4.79 Å². The number of benzene rings is 2. The summed E-state index contributed by atoms with van der Waals surface area (Å²) in [6.45, 7) is 8.74. The summed E-state index contributed by atoms with van der Waals surface area (Å²) >= 11 is 12.2. The van der Waals surface area contributed by atoms with Crippen molar-refractivity contribution in [3.8, 4) is 5.69 Å². The molecule has 1 aliphatic rings. The number of anilines is 1. The van der Waals surface area contributed by atoms with Crippen LogP contribution in [0, 0.1) is 12.7 Å². The maximum Gasteiger partial charge on any atom is 0.253 e. The first-order chi connectivity index (χ1) is 18.8. The van der Waals surface area contributed by atoms with E-state index in [-0.39, 0.29) is 17.6 Å². The van der Waals surface area contributed by atoms with Crippen LogP contribution >= 0.6 is 23.2 Å². The van der Waals surface area contributed by atoms with Gasteiger partial charge < -0.3 is 9.80 Å². The van der Waals surface area contributed by atoms with Crippen LogP contribution in [0.15, 0.2) is 42.5 Å². The van der Waals surface area contributed by atoms with Crippen molar-refractivity contribution >= 4 is 46.0 Å². The smallest absolute Gasteiger partial charge is 0.253 e. The van der Waals surface area contributed by atoms with Crippen molar-refractivity contribution in [1.82, 2.24) is 24.6 Å². The Bertz CT molecular complexity index is 1510. The number of aryl methyl sites for hydroxylation is 1. The number of halogens is 3. The average Bonchev–Trinajstić information content (AvgIpc) is 3.09. The molecule has 10 heteroatoms. The molecule has 2 aromatic heterocycles. The Kier molecular flexibility index (Phi) is 8.05. The van der Waals surface area contributed by atoms with E-state index in [2.05, 4.69) is 18.7 Å². The second kappa shape index (κ2) is 11.5. The van der Waals surface area contributed by atoms with Crippen molar-refractivity contribution in [3.63, 3.8) is 0 Å². The van der Waals surface area contributed by atoms with Gasteiger partial charge in [0.15, 0.2) is 5.65 Å². The second-order valence-electron chi connectivity index (χ2n) is 10.0. The Morgan fingerprint density at radius 2 is 1.79 bits per heavy atom. The number of hydrogen-bond acceptors (Lipinski definition) is 5. The standard InChI is InChI=1S/C29H31Cl2FN6O/c1-4-6-18(2)26-33-27(25-19(3)35-38(28(25)34-26)22-10-8-21(32)9-11-22)36-13-5-14-37(16-15-36)29(39)20-7-12-23(30)24(31)17-20/h7-12,17-18H,4-6,13-16H2,1-3H3. The van der Waals surface area contributed by atoms with Crippen LogP contribution in [0.5, 0.6) is 0 Å². The molecular weight excluding hydrogens is 538 g/mol. The van der Waals surface area contributed by atoms with Crippen molar-refractivity contribution in [2.75, 3.05) is 31.1 Å². The van der Waals surface area contributed by atoms with Gasteiger partial charge in [0.25, 0.3) is 5.91 Å². The first kappa shape index (κ1) is 27.3. The van der Waals surface area contributed by atoms with Crippen LogP contribution in [-0.4, -0.2) is 56.7 Å². The number of aromatic nitrogens is 4. The van der Waals surface area contributed by atoms with Gasteiger partial charge in [-0.05, 0) is 62.2 Å². The van der Waals surface area contributed by atoms with Crippen molar-refractivity contribution in [1.29, 1.82) is 0 Å². The highest BCUT2D eigenvalue weighted by atomic mass is 35.5. The van der Waals surface area contributed by atoms with E-state index < -0.39 is 0 Å². The fourth-order valence-corrected chi connectivity index (χ4v) is 5.39. The van der Waals surface area contributed by atoms with Gasteiger partial charge in [-0.15, -0.1) is 0 Å². The second-order valence-corrected chi connectivity index (χ2v) is 10.8. The topological polar surface area (TPSA) is 67.2 Å². The minimum atomic E-state index is -0.302. The zero-order valence-corrected chi connectivity index (χ0v) is 23.8. The normalized spacial score (nSPS) is 15.0. The predicted molar refractivity (Wildman–Crippen MR) is 154 cm³/mol. The molecule has 0 aliphatic carbocycles. The van der Waals surface area contributed by atoms with Crippen LogP contribution < -0.4 is 4.90 Å². The summed E-state index contributed by atoms with van der Waals surface area (Å²) in [5.74, 6) is 1.38. The van der Waals surface area contributed by atoms with E-state index in [1.54, 1.807) is 35.0 Å². The molecule has 0 spiro atoms. The predicted octanol–water partition coefficient (Wildman–Crippen LogP) is 6.83. The number of hydrogen-bond donors (Lipinski definition) is 0. The van der Waals surface area contributed by atoms with E-state index in [1.165, 1.54) is 12.1 Å². The number of carbonyl (C=O) groups excluding carboxylic acids is 1. The van der Waals surface area contributed by atoms with E-state index in [9.17, 15) is 9.18 Å². The van der Waals surface area contributed by atoms with Crippen molar-refractivity contribution in [2.45, 2.75) is 46.0 Å². The summed E-state index contributed by atoms with van der Waals surface area (Å²) in [5.41, 5.74) is 2.76. The van der Waals surface area contributed by atoms with E-state index in [0.717, 1.165) is 54.2 Å². The van der Waals surface area contributed by atoms with Crippen molar-refractivity contribution < 1.29 is 9.18 Å². The summed E-state index contributed by atoms with van der Waals surface area (Å²) in [5, 5.41) is 6.45. The molecule has 0 N–H and O–H groups in total. The van der Waals surface area contributed by atoms with E-state index >= 15 is 0 Å². The lowest BCUT2D eigenvalue weighted by molar-refractivity contribution is 0.0767. The summed E-state index contributed by atoms with van der Waals surface area (Å²) in [6.07, 6.45) is 2.76. The van der Waals surface area contributed by atoms with E-state index in [0.29, 0.717) is 40.9 Å². The molecular formula is C29H31Cl2FN6O. The van der Waals surface area contributed by atoms with Crippen LogP contribution in [0.25, 0.3) is 16.7 Å². The van der Waals surface area contributed by atoms with Crippen LogP contribution in [0.4, 0.5) is 10.2 Å². The lowest BCUT2D eigenvalue weighted by atomic mass is 10.1. The maximum atomic E-state index is 13.7.